The molecule has 194 valence electrons. The van der Waals surface area contributed by atoms with Gasteiger partial charge in [-0.15, -0.1) is 0 Å². The molecule has 10 nitrogen and oxygen atoms in total. The van der Waals surface area contributed by atoms with Crippen LogP contribution >= 0.6 is 0 Å². The number of benzene rings is 1. The van der Waals surface area contributed by atoms with E-state index in [9.17, 15) is 28.7 Å². The van der Waals surface area contributed by atoms with Gasteiger partial charge in [-0.2, -0.15) is 0 Å². The molecule has 2 atom stereocenters. The molecule has 2 aliphatic heterocycles. The molecule has 0 aliphatic carbocycles. The molecule has 0 aromatic heterocycles. The topological polar surface area (TPSA) is 123 Å². The Bertz CT molecular complexity index is 1150. The van der Waals surface area contributed by atoms with E-state index in [4.69, 9.17) is 0 Å². The van der Waals surface area contributed by atoms with Gasteiger partial charge in [0.1, 0.15) is 17.4 Å². The fraction of sp³-hybridized carbons (Fsp3) is 0.480. The lowest BCUT2D eigenvalue weighted by Crippen LogP contribution is -2.54. The third kappa shape index (κ3) is 5.55. The third-order valence-electron chi connectivity index (χ3n) is 6.45. The van der Waals surface area contributed by atoms with E-state index in [0.29, 0.717) is 30.4 Å². The molecule has 0 radical (unpaired) electrons. The summed E-state index contributed by atoms with van der Waals surface area (Å²) in [5.74, 6) is -3.50. The summed E-state index contributed by atoms with van der Waals surface area (Å²) in [5.41, 5.74) is 0.630. The van der Waals surface area contributed by atoms with Crippen LogP contribution in [0.25, 0.3) is 0 Å². The number of aliphatic hydroxyl groups is 1. The normalized spacial score (nSPS) is 20.1. The lowest BCUT2D eigenvalue weighted by molar-refractivity contribution is -0.150. The number of nitrogens with one attached hydrogen (secondary N) is 1. The number of amides is 4. The number of amidine groups is 1. The highest BCUT2D eigenvalue weighted by Crippen LogP contribution is 2.28. The fourth-order valence-corrected chi connectivity index (χ4v) is 4.29. The number of hydrogen-bond acceptors (Lipinski definition) is 6. The summed E-state index contributed by atoms with van der Waals surface area (Å²) in [5, 5.41) is 13.2. The van der Waals surface area contributed by atoms with Gasteiger partial charge < -0.3 is 20.2 Å². The molecule has 0 spiro atoms. The highest BCUT2D eigenvalue weighted by Gasteiger charge is 2.40. The lowest BCUT2D eigenvalue weighted by Gasteiger charge is -2.34. The quantitative estimate of drug-likeness (QED) is 0.608. The first-order valence-corrected chi connectivity index (χ1v) is 11.8. The third-order valence-corrected chi connectivity index (χ3v) is 6.45. The van der Waals surface area contributed by atoms with E-state index in [1.54, 1.807) is 19.1 Å². The zero-order valence-electron chi connectivity index (χ0n) is 21.2. The number of nitrogens with zero attached hydrogens (tertiary/aromatic N) is 4. The number of hydrogen-bond donors (Lipinski definition) is 2. The number of aliphatic hydroxyl groups excluding tert-OH is 1. The average molecular weight is 502 g/mol. The molecule has 4 amide bonds. The van der Waals surface area contributed by atoms with Crippen LogP contribution in [0.3, 0.4) is 0 Å². The summed E-state index contributed by atoms with van der Waals surface area (Å²) < 4.78 is 13.9. The van der Waals surface area contributed by atoms with E-state index in [1.165, 1.54) is 37.0 Å². The molecule has 1 unspecified atom stereocenters. The van der Waals surface area contributed by atoms with Gasteiger partial charge in [0.05, 0.1) is 12.5 Å². The molecular weight excluding hydrogens is 469 g/mol. The Labute approximate surface area is 209 Å². The molecule has 1 saturated heterocycles. The number of aryl methyl sites for hydroxylation is 1. The van der Waals surface area contributed by atoms with Gasteiger partial charge in [0.25, 0.3) is 5.91 Å². The molecular formula is C25H32FN5O5. The zero-order valence-corrected chi connectivity index (χ0v) is 21.2. The monoisotopic (exact) mass is 501 g/mol. The van der Waals surface area contributed by atoms with Crippen molar-refractivity contribution in [2.24, 2.45) is 4.99 Å². The van der Waals surface area contributed by atoms with Crippen molar-refractivity contribution in [3.63, 3.8) is 0 Å². The highest BCUT2D eigenvalue weighted by molar-refractivity contribution is 6.35. The molecule has 2 aliphatic rings. The number of carbonyl (C=O) groups is 4. The second-order valence-corrected chi connectivity index (χ2v) is 9.38. The van der Waals surface area contributed by atoms with Crippen LogP contribution < -0.4 is 5.32 Å². The SMILES string of the molecule is Cc1ccc(CNC(=O)C2=C(O)CC(=O)N3C(=N2)C(N(C)C(=O)C(=O)N(C)C)CCC[C@H]3C)cc1F. The van der Waals surface area contributed by atoms with Crippen LogP contribution in [0.1, 0.15) is 43.7 Å². The summed E-state index contributed by atoms with van der Waals surface area (Å²) in [6.07, 6.45) is 1.24. The standard InChI is InChI=1S/C25H32FN5O5/c1-14-9-10-16(11-17(14)26)13-27-23(34)21-19(32)12-20(33)31-15(2)7-6-8-18(22(31)28-21)30(5)25(36)24(35)29(3)4/h9-11,15,18,32H,6-8,12-13H2,1-5H3,(H,27,34)/t15-,18?/m1/s1. The van der Waals surface area contributed by atoms with Crippen LogP contribution in [0.5, 0.6) is 0 Å². The molecule has 1 aromatic rings. The van der Waals surface area contributed by atoms with Crippen molar-refractivity contribution < 1.29 is 28.7 Å². The molecule has 3 rings (SSSR count). The van der Waals surface area contributed by atoms with Crippen molar-refractivity contribution in [2.75, 3.05) is 21.1 Å². The molecule has 1 fully saturated rings. The lowest BCUT2D eigenvalue weighted by atomic mass is 10.1. The minimum atomic E-state index is -0.778. The number of halogens is 1. The van der Waals surface area contributed by atoms with Gasteiger partial charge >= 0.3 is 11.8 Å². The number of rotatable bonds is 4. The van der Waals surface area contributed by atoms with Crippen molar-refractivity contribution in [2.45, 2.75) is 58.2 Å². The number of likely N-dealkylation sites (N-methyl/N-ethyl adjacent to an activating group) is 2. The first-order valence-electron chi connectivity index (χ1n) is 11.8. The van der Waals surface area contributed by atoms with Crippen LogP contribution in [0.15, 0.2) is 34.6 Å². The van der Waals surface area contributed by atoms with Gasteiger partial charge in [0.15, 0.2) is 5.70 Å². The van der Waals surface area contributed by atoms with Crippen LogP contribution in [0.2, 0.25) is 0 Å². The Kier molecular flexibility index (Phi) is 8.11. The maximum absolute atomic E-state index is 13.9. The van der Waals surface area contributed by atoms with Gasteiger partial charge in [0.2, 0.25) is 5.91 Å². The number of fused-ring (bicyclic) bond motifs is 1. The molecule has 2 N–H and O–H groups in total. The fourth-order valence-electron chi connectivity index (χ4n) is 4.29. The van der Waals surface area contributed by atoms with Gasteiger partial charge in [-0.05, 0) is 50.3 Å². The smallest absolute Gasteiger partial charge is 0.312 e. The Balaban J connectivity index is 1.96. The summed E-state index contributed by atoms with van der Waals surface area (Å²) in [4.78, 5) is 59.5. The molecule has 1 aromatic carbocycles. The molecule has 0 bridgehead atoms. The van der Waals surface area contributed by atoms with Gasteiger partial charge in [-0.25, -0.2) is 9.38 Å². The van der Waals surface area contributed by atoms with E-state index < -0.39 is 47.7 Å². The van der Waals surface area contributed by atoms with Crippen LogP contribution in [-0.2, 0) is 25.7 Å². The zero-order chi connectivity index (χ0) is 26.7. The summed E-state index contributed by atoms with van der Waals surface area (Å²) in [7, 11) is 4.38. The maximum Gasteiger partial charge on any atom is 0.312 e. The van der Waals surface area contributed by atoms with E-state index in [0.717, 1.165) is 4.90 Å². The Morgan fingerprint density at radius 1 is 1.19 bits per heavy atom. The molecule has 11 heteroatoms. The van der Waals surface area contributed by atoms with E-state index in [1.807, 2.05) is 6.92 Å². The first-order chi connectivity index (χ1) is 16.9. The van der Waals surface area contributed by atoms with Crippen LogP contribution in [-0.4, -0.2) is 82.5 Å². The Hall–Kier alpha value is -3.76. The van der Waals surface area contributed by atoms with Crippen molar-refractivity contribution in [3.05, 3.63) is 46.6 Å². The number of carbonyl (C=O) groups excluding carboxylic acids is 4. The maximum atomic E-state index is 13.9. The highest BCUT2D eigenvalue weighted by atomic mass is 19.1. The summed E-state index contributed by atoms with van der Waals surface area (Å²) in [6.45, 7) is 3.44. The average Bonchev–Trinajstić information content (AvgIpc) is 3.07. The molecule has 2 heterocycles. The number of aliphatic imine (C=N–C) groups is 1. The van der Waals surface area contributed by atoms with Crippen molar-refractivity contribution in [1.82, 2.24) is 20.0 Å². The van der Waals surface area contributed by atoms with Gasteiger partial charge in [0, 0.05) is 33.7 Å². The summed E-state index contributed by atoms with van der Waals surface area (Å²) >= 11 is 0. The van der Waals surface area contributed by atoms with Crippen LogP contribution in [0, 0.1) is 12.7 Å². The van der Waals surface area contributed by atoms with Crippen molar-refractivity contribution >= 4 is 29.5 Å². The minimum absolute atomic E-state index is 0.0229. The largest absolute Gasteiger partial charge is 0.509 e. The van der Waals surface area contributed by atoms with E-state index in [2.05, 4.69) is 10.3 Å². The second kappa shape index (κ2) is 10.9. The minimum Gasteiger partial charge on any atom is -0.509 e. The van der Waals surface area contributed by atoms with Crippen LogP contribution in [0.4, 0.5) is 4.39 Å². The van der Waals surface area contributed by atoms with Crippen molar-refractivity contribution in [1.29, 1.82) is 0 Å². The first kappa shape index (κ1) is 26.8. The van der Waals surface area contributed by atoms with Gasteiger partial charge in [-0.3, -0.25) is 24.1 Å². The predicted octanol–water partition coefficient (Wildman–Crippen LogP) is 1.64. The summed E-state index contributed by atoms with van der Waals surface area (Å²) in [6, 6.07) is 3.51. The second-order valence-electron chi connectivity index (χ2n) is 9.38. The Morgan fingerprint density at radius 2 is 1.89 bits per heavy atom. The van der Waals surface area contributed by atoms with Crippen molar-refractivity contribution in [3.8, 4) is 0 Å². The molecule has 36 heavy (non-hydrogen) atoms. The predicted molar refractivity (Wildman–Crippen MR) is 130 cm³/mol. The molecule has 0 saturated carbocycles. The Morgan fingerprint density at radius 3 is 2.53 bits per heavy atom. The van der Waals surface area contributed by atoms with E-state index >= 15 is 0 Å². The van der Waals surface area contributed by atoms with Gasteiger partial charge in [-0.1, -0.05) is 12.1 Å². The van der Waals surface area contributed by atoms with E-state index in [-0.39, 0.29) is 24.1 Å².